The van der Waals surface area contributed by atoms with E-state index >= 15 is 0 Å². The minimum absolute atomic E-state index is 0.394. The SMILES string of the molecule is Cc1oc2ccc(OCc3ccccc3)cc2c1B1OC(C)(C)C(C)(C)O1. The lowest BCUT2D eigenvalue weighted by Crippen LogP contribution is -2.41. The van der Waals surface area contributed by atoms with Crippen LogP contribution in [0.15, 0.2) is 52.9 Å². The second kappa shape index (κ2) is 6.43. The Morgan fingerprint density at radius 1 is 0.926 bits per heavy atom. The van der Waals surface area contributed by atoms with Crippen LogP contribution in [0.3, 0.4) is 0 Å². The van der Waals surface area contributed by atoms with Crippen LogP contribution in [0.25, 0.3) is 11.0 Å². The van der Waals surface area contributed by atoms with Crippen molar-refractivity contribution in [3.63, 3.8) is 0 Å². The van der Waals surface area contributed by atoms with E-state index in [1.165, 1.54) is 0 Å². The summed E-state index contributed by atoms with van der Waals surface area (Å²) in [4.78, 5) is 0. The highest BCUT2D eigenvalue weighted by atomic mass is 16.7. The molecule has 0 aliphatic carbocycles. The molecule has 2 heterocycles. The Morgan fingerprint density at radius 3 is 2.26 bits per heavy atom. The summed E-state index contributed by atoms with van der Waals surface area (Å²) in [6.45, 7) is 10.7. The van der Waals surface area contributed by atoms with E-state index in [1.807, 2.05) is 43.3 Å². The zero-order chi connectivity index (χ0) is 19.2. The number of furan rings is 1. The number of rotatable bonds is 4. The molecule has 4 nitrogen and oxygen atoms in total. The first kappa shape index (κ1) is 18.1. The van der Waals surface area contributed by atoms with Gasteiger partial charge in [-0.05, 0) is 58.4 Å². The molecule has 1 fully saturated rings. The molecule has 0 radical (unpaired) electrons. The molecule has 0 bridgehead atoms. The van der Waals surface area contributed by atoms with Crippen molar-refractivity contribution in [2.75, 3.05) is 0 Å². The van der Waals surface area contributed by atoms with E-state index in [-0.39, 0.29) is 0 Å². The summed E-state index contributed by atoms with van der Waals surface area (Å²) in [7, 11) is -0.458. The molecule has 3 aromatic rings. The standard InChI is InChI=1S/C22H25BO4/c1-15-20(23-26-21(2,3)22(4,5)27-23)18-13-17(11-12-19(18)25-15)24-14-16-9-7-6-8-10-16/h6-13H,14H2,1-5H3. The molecule has 1 saturated heterocycles. The number of benzene rings is 2. The van der Waals surface area contributed by atoms with Gasteiger partial charge in [-0.1, -0.05) is 30.3 Å². The predicted molar refractivity (Wildman–Crippen MR) is 107 cm³/mol. The lowest BCUT2D eigenvalue weighted by molar-refractivity contribution is 0.00578. The van der Waals surface area contributed by atoms with Crippen LogP contribution < -0.4 is 10.2 Å². The molecular formula is C22H25BO4. The summed E-state index contributed by atoms with van der Waals surface area (Å²) >= 11 is 0. The van der Waals surface area contributed by atoms with Crippen LogP contribution in [-0.2, 0) is 15.9 Å². The third-order valence-electron chi connectivity index (χ3n) is 5.62. The largest absolute Gasteiger partial charge is 0.499 e. The van der Waals surface area contributed by atoms with Crippen molar-refractivity contribution in [3.8, 4) is 5.75 Å². The molecule has 2 aromatic carbocycles. The van der Waals surface area contributed by atoms with Gasteiger partial charge < -0.3 is 18.5 Å². The lowest BCUT2D eigenvalue weighted by atomic mass is 9.77. The van der Waals surface area contributed by atoms with E-state index in [1.54, 1.807) is 0 Å². The zero-order valence-corrected chi connectivity index (χ0v) is 16.5. The number of aryl methyl sites for hydroxylation is 1. The average molecular weight is 364 g/mol. The molecule has 1 aromatic heterocycles. The van der Waals surface area contributed by atoms with Gasteiger partial charge in [0.1, 0.15) is 23.7 Å². The van der Waals surface area contributed by atoms with Gasteiger partial charge in [0.15, 0.2) is 0 Å². The van der Waals surface area contributed by atoms with Crippen LogP contribution in [-0.4, -0.2) is 18.3 Å². The molecule has 0 unspecified atom stereocenters. The van der Waals surface area contributed by atoms with Crippen molar-refractivity contribution in [1.29, 1.82) is 0 Å². The molecule has 140 valence electrons. The Hall–Kier alpha value is -2.24. The molecule has 1 aliphatic heterocycles. The molecule has 0 saturated carbocycles. The first-order chi connectivity index (χ1) is 12.8. The Labute approximate surface area is 160 Å². The van der Waals surface area contributed by atoms with Crippen molar-refractivity contribution in [3.05, 3.63) is 59.9 Å². The lowest BCUT2D eigenvalue weighted by Gasteiger charge is -2.32. The highest BCUT2D eigenvalue weighted by Crippen LogP contribution is 2.38. The first-order valence-electron chi connectivity index (χ1n) is 9.32. The minimum atomic E-state index is -0.458. The van der Waals surface area contributed by atoms with Crippen LogP contribution in [0.2, 0.25) is 0 Å². The van der Waals surface area contributed by atoms with Crippen LogP contribution in [0.5, 0.6) is 5.75 Å². The zero-order valence-electron chi connectivity index (χ0n) is 16.5. The van der Waals surface area contributed by atoms with Crippen molar-refractivity contribution in [2.24, 2.45) is 0 Å². The molecule has 0 spiro atoms. The molecule has 1 aliphatic rings. The van der Waals surface area contributed by atoms with Crippen LogP contribution in [0, 0.1) is 6.92 Å². The van der Waals surface area contributed by atoms with Crippen molar-refractivity contribution in [1.82, 2.24) is 0 Å². The van der Waals surface area contributed by atoms with E-state index in [4.69, 9.17) is 18.5 Å². The summed E-state index contributed by atoms with van der Waals surface area (Å²) in [5, 5.41) is 0.969. The van der Waals surface area contributed by atoms with Crippen molar-refractivity contribution in [2.45, 2.75) is 52.4 Å². The molecule has 27 heavy (non-hydrogen) atoms. The van der Waals surface area contributed by atoms with Crippen molar-refractivity contribution >= 4 is 23.6 Å². The van der Waals surface area contributed by atoms with Crippen LogP contribution in [0.4, 0.5) is 0 Å². The second-order valence-electron chi connectivity index (χ2n) is 8.09. The number of fused-ring (bicyclic) bond motifs is 1. The van der Waals surface area contributed by atoms with Gasteiger partial charge in [-0.25, -0.2) is 0 Å². The highest BCUT2D eigenvalue weighted by Gasteiger charge is 2.53. The normalized spacial score (nSPS) is 18.2. The molecule has 0 N–H and O–H groups in total. The number of hydrogen-bond donors (Lipinski definition) is 0. The van der Waals surface area contributed by atoms with Gasteiger partial charge in [0, 0.05) is 10.8 Å². The van der Waals surface area contributed by atoms with Gasteiger partial charge in [-0.3, -0.25) is 0 Å². The van der Waals surface area contributed by atoms with E-state index in [0.29, 0.717) is 6.61 Å². The monoisotopic (exact) mass is 364 g/mol. The van der Waals surface area contributed by atoms with E-state index in [0.717, 1.165) is 33.5 Å². The highest BCUT2D eigenvalue weighted by molar-refractivity contribution is 6.65. The minimum Gasteiger partial charge on any atom is -0.489 e. The van der Waals surface area contributed by atoms with Crippen molar-refractivity contribution < 1.29 is 18.5 Å². The average Bonchev–Trinajstić information content (AvgIpc) is 3.05. The Morgan fingerprint density at radius 2 is 1.59 bits per heavy atom. The fourth-order valence-electron chi connectivity index (χ4n) is 3.30. The first-order valence-corrected chi connectivity index (χ1v) is 9.32. The number of ether oxygens (including phenoxy) is 1. The third kappa shape index (κ3) is 3.26. The second-order valence-corrected chi connectivity index (χ2v) is 8.09. The molecule has 0 atom stereocenters. The van der Waals surface area contributed by atoms with Gasteiger partial charge in [0.2, 0.25) is 0 Å². The molecular weight excluding hydrogens is 339 g/mol. The van der Waals surface area contributed by atoms with E-state index < -0.39 is 18.3 Å². The Kier molecular flexibility index (Phi) is 4.32. The third-order valence-corrected chi connectivity index (χ3v) is 5.62. The molecule has 5 heteroatoms. The van der Waals surface area contributed by atoms with Gasteiger partial charge in [0.05, 0.1) is 11.2 Å². The van der Waals surface area contributed by atoms with Crippen LogP contribution in [0.1, 0.15) is 39.0 Å². The Balaban J connectivity index is 1.65. The summed E-state index contributed by atoms with van der Waals surface area (Å²) in [5.74, 6) is 1.61. The van der Waals surface area contributed by atoms with Gasteiger partial charge >= 0.3 is 7.12 Å². The van der Waals surface area contributed by atoms with E-state index in [2.05, 4.69) is 39.8 Å². The number of hydrogen-bond acceptors (Lipinski definition) is 4. The van der Waals surface area contributed by atoms with Gasteiger partial charge in [-0.2, -0.15) is 0 Å². The summed E-state index contributed by atoms with van der Waals surface area (Å²) in [5.41, 5.74) is 2.09. The maximum Gasteiger partial charge on any atom is 0.499 e. The topological polar surface area (TPSA) is 40.8 Å². The molecule has 4 rings (SSSR count). The summed E-state index contributed by atoms with van der Waals surface area (Å²) in [6, 6.07) is 16.0. The predicted octanol–water partition coefficient (Wildman–Crippen LogP) is 4.62. The summed E-state index contributed by atoms with van der Waals surface area (Å²) < 4.78 is 24.4. The fourth-order valence-corrected chi connectivity index (χ4v) is 3.30. The fraction of sp³-hybridized carbons (Fsp3) is 0.364. The van der Waals surface area contributed by atoms with Gasteiger partial charge in [-0.15, -0.1) is 0 Å². The van der Waals surface area contributed by atoms with Crippen LogP contribution >= 0.6 is 0 Å². The smallest absolute Gasteiger partial charge is 0.489 e. The molecule has 0 amide bonds. The quantitative estimate of drug-likeness (QED) is 0.634. The maximum atomic E-state index is 6.24. The Bertz CT molecular complexity index is 943. The van der Waals surface area contributed by atoms with E-state index in [9.17, 15) is 0 Å². The van der Waals surface area contributed by atoms with Gasteiger partial charge in [0.25, 0.3) is 0 Å². The summed E-state index contributed by atoms with van der Waals surface area (Å²) in [6.07, 6.45) is 0. The maximum absolute atomic E-state index is 6.24.